The summed E-state index contributed by atoms with van der Waals surface area (Å²) in [7, 11) is -3.69. The van der Waals surface area contributed by atoms with Crippen molar-refractivity contribution in [3.8, 4) is 11.3 Å². The molecular weight excluding hydrogens is 448 g/mol. The van der Waals surface area contributed by atoms with E-state index in [1.54, 1.807) is 36.4 Å². The molecule has 0 unspecified atom stereocenters. The van der Waals surface area contributed by atoms with Crippen LogP contribution in [0.1, 0.15) is 18.2 Å². The van der Waals surface area contributed by atoms with Crippen LogP contribution in [0.5, 0.6) is 0 Å². The summed E-state index contributed by atoms with van der Waals surface area (Å²) >= 11 is 0. The van der Waals surface area contributed by atoms with Gasteiger partial charge in [0.2, 0.25) is 10.0 Å². The number of sulfonamides is 1. The molecule has 1 amide bonds. The summed E-state index contributed by atoms with van der Waals surface area (Å²) in [4.78, 5) is 22.5. The maximum absolute atomic E-state index is 12.3. The Morgan fingerprint density at radius 1 is 1.12 bits per heavy atom. The van der Waals surface area contributed by atoms with Gasteiger partial charge >= 0.3 is 0 Å². The highest BCUT2D eigenvalue weighted by molar-refractivity contribution is 7.92. The van der Waals surface area contributed by atoms with Crippen LogP contribution < -0.4 is 9.73 Å². The first kappa shape index (κ1) is 23.7. The Bertz CT molecular complexity index is 1260. The van der Waals surface area contributed by atoms with E-state index in [0.717, 1.165) is 22.5 Å². The van der Waals surface area contributed by atoms with Gasteiger partial charge < -0.3 is 4.42 Å². The topological polar surface area (TPSA) is 135 Å². The second kappa shape index (κ2) is 10.1. The Hall–Kier alpha value is -3.99. The number of nitro groups is 1. The van der Waals surface area contributed by atoms with E-state index in [2.05, 4.69) is 10.5 Å². The molecule has 1 heterocycles. The van der Waals surface area contributed by atoms with Crippen LogP contribution in [0.25, 0.3) is 11.3 Å². The predicted octanol–water partition coefficient (Wildman–Crippen LogP) is 3.33. The van der Waals surface area contributed by atoms with Crippen molar-refractivity contribution in [2.75, 3.05) is 17.1 Å². The summed E-state index contributed by atoms with van der Waals surface area (Å²) in [6.07, 6.45) is 3.11. The number of anilines is 1. The van der Waals surface area contributed by atoms with Crippen molar-refractivity contribution in [1.29, 1.82) is 0 Å². The number of rotatable bonds is 9. The number of hydrazone groups is 1. The molecule has 1 aromatic heterocycles. The zero-order chi connectivity index (χ0) is 24.0. The third kappa shape index (κ3) is 6.26. The number of nitro benzene ring substituents is 1. The summed E-state index contributed by atoms with van der Waals surface area (Å²) in [6.45, 7) is 1.55. The quantitative estimate of drug-likeness (QED) is 0.289. The second-order valence-electron chi connectivity index (χ2n) is 7.09. The van der Waals surface area contributed by atoms with E-state index in [4.69, 9.17) is 4.42 Å². The van der Waals surface area contributed by atoms with Crippen LogP contribution in [0.4, 0.5) is 11.4 Å². The number of furan rings is 1. The van der Waals surface area contributed by atoms with Gasteiger partial charge in [-0.3, -0.25) is 19.2 Å². The molecule has 10 nitrogen and oxygen atoms in total. The van der Waals surface area contributed by atoms with Crippen molar-refractivity contribution < 1.29 is 22.6 Å². The van der Waals surface area contributed by atoms with Crippen molar-refractivity contribution in [2.24, 2.45) is 5.10 Å². The Morgan fingerprint density at radius 2 is 1.79 bits per heavy atom. The number of carbonyl (C=O) groups excluding carboxylic acids is 1. The van der Waals surface area contributed by atoms with Gasteiger partial charge in [0.15, 0.2) is 0 Å². The van der Waals surface area contributed by atoms with E-state index in [0.29, 0.717) is 22.8 Å². The molecule has 0 aliphatic rings. The zero-order valence-corrected chi connectivity index (χ0v) is 18.8. The van der Waals surface area contributed by atoms with Crippen LogP contribution in [0.2, 0.25) is 0 Å². The van der Waals surface area contributed by atoms with Crippen molar-refractivity contribution in [1.82, 2.24) is 5.43 Å². The van der Waals surface area contributed by atoms with E-state index in [1.165, 1.54) is 18.3 Å². The van der Waals surface area contributed by atoms with Crippen molar-refractivity contribution in [2.45, 2.75) is 13.3 Å². The van der Waals surface area contributed by atoms with E-state index in [1.807, 2.05) is 19.1 Å². The summed E-state index contributed by atoms with van der Waals surface area (Å²) in [5, 5.41) is 14.6. The predicted molar refractivity (Wildman–Crippen MR) is 125 cm³/mol. The maximum Gasteiger partial charge on any atom is 0.269 e. The van der Waals surface area contributed by atoms with Crippen molar-refractivity contribution in [3.63, 3.8) is 0 Å². The number of nitrogens with one attached hydrogen (secondary N) is 1. The van der Waals surface area contributed by atoms with Gasteiger partial charge in [0.05, 0.1) is 23.1 Å². The Morgan fingerprint density at radius 3 is 2.36 bits per heavy atom. The molecule has 3 aromatic rings. The SMILES string of the molecule is CCc1ccc(N(CC(=O)N/N=C\c2ccc(-c3ccc([N+](=O)[O-])cc3)o2)S(C)(=O)=O)cc1. The number of hydrogen-bond donors (Lipinski definition) is 1. The van der Waals surface area contributed by atoms with Crippen LogP contribution >= 0.6 is 0 Å². The van der Waals surface area contributed by atoms with Crippen LogP contribution in [0.3, 0.4) is 0 Å². The van der Waals surface area contributed by atoms with Crippen LogP contribution in [0, 0.1) is 10.1 Å². The lowest BCUT2D eigenvalue weighted by Crippen LogP contribution is -2.39. The fourth-order valence-electron chi connectivity index (χ4n) is 2.96. The van der Waals surface area contributed by atoms with E-state index in [9.17, 15) is 23.3 Å². The lowest BCUT2D eigenvalue weighted by Gasteiger charge is -2.21. The van der Waals surface area contributed by atoms with Gasteiger partial charge in [-0.1, -0.05) is 19.1 Å². The molecule has 1 N–H and O–H groups in total. The molecule has 0 atom stereocenters. The molecule has 0 fully saturated rings. The molecule has 3 rings (SSSR count). The molecule has 0 aliphatic carbocycles. The largest absolute Gasteiger partial charge is 0.455 e. The average molecular weight is 471 g/mol. The van der Waals surface area contributed by atoms with Crippen LogP contribution in [-0.4, -0.2) is 38.3 Å². The number of hydrogen-bond acceptors (Lipinski definition) is 7. The van der Waals surface area contributed by atoms with Crippen molar-refractivity contribution >= 4 is 33.5 Å². The molecule has 2 aromatic carbocycles. The van der Waals surface area contributed by atoms with Crippen molar-refractivity contribution in [3.05, 3.63) is 82.1 Å². The number of amides is 1. The molecule has 0 spiro atoms. The minimum atomic E-state index is -3.69. The molecular formula is C22H22N4O6S. The molecule has 0 radical (unpaired) electrons. The Kier molecular flexibility index (Phi) is 7.23. The molecule has 11 heteroatoms. The fourth-order valence-corrected chi connectivity index (χ4v) is 3.81. The molecule has 33 heavy (non-hydrogen) atoms. The van der Waals surface area contributed by atoms with Gasteiger partial charge in [0.25, 0.3) is 11.6 Å². The third-order valence-electron chi connectivity index (χ3n) is 4.69. The lowest BCUT2D eigenvalue weighted by molar-refractivity contribution is -0.384. The number of non-ortho nitro benzene ring substituents is 1. The molecule has 172 valence electrons. The number of carbonyl (C=O) groups is 1. The van der Waals surface area contributed by atoms with Gasteiger partial charge in [-0.05, 0) is 48.4 Å². The highest BCUT2D eigenvalue weighted by Gasteiger charge is 2.20. The van der Waals surface area contributed by atoms with Gasteiger partial charge in [-0.15, -0.1) is 0 Å². The van der Waals surface area contributed by atoms with Crippen LogP contribution in [0.15, 0.2) is 70.2 Å². The Labute approximate surface area is 190 Å². The summed E-state index contributed by atoms with van der Waals surface area (Å²) < 4.78 is 30.9. The lowest BCUT2D eigenvalue weighted by atomic mass is 10.1. The summed E-state index contributed by atoms with van der Waals surface area (Å²) in [6, 6.07) is 16.1. The van der Waals surface area contributed by atoms with E-state index < -0.39 is 27.4 Å². The third-order valence-corrected chi connectivity index (χ3v) is 5.83. The normalized spacial score (nSPS) is 11.5. The number of nitrogens with zero attached hydrogens (tertiary/aromatic N) is 3. The zero-order valence-electron chi connectivity index (χ0n) is 18.0. The Balaban J connectivity index is 1.63. The highest BCUT2D eigenvalue weighted by Crippen LogP contribution is 2.24. The number of benzene rings is 2. The average Bonchev–Trinajstić information content (AvgIpc) is 3.26. The van der Waals surface area contributed by atoms with Gasteiger partial charge in [0, 0.05) is 17.7 Å². The fraction of sp³-hybridized carbons (Fsp3) is 0.182. The summed E-state index contributed by atoms with van der Waals surface area (Å²) in [5.74, 6) is 0.175. The molecule has 0 saturated heterocycles. The minimum Gasteiger partial charge on any atom is -0.455 e. The molecule has 0 aliphatic heterocycles. The number of aryl methyl sites for hydroxylation is 1. The minimum absolute atomic E-state index is 0.0285. The first-order chi connectivity index (χ1) is 15.7. The van der Waals surface area contributed by atoms with E-state index in [-0.39, 0.29) is 5.69 Å². The second-order valence-corrected chi connectivity index (χ2v) is 9.00. The van der Waals surface area contributed by atoms with E-state index >= 15 is 0 Å². The maximum atomic E-state index is 12.3. The van der Waals surface area contributed by atoms with Gasteiger partial charge in [-0.25, -0.2) is 13.8 Å². The molecule has 0 saturated carbocycles. The first-order valence-corrected chi connectivity index (χ1v) is 11.8. The highest BCUT2D eigenvalue weighted by atomic mass is 32.2. The first-order valence-electron chi connectivity index (χ1n) is 9.90. The smallest absolute Gasteiger partial charge is 0.269 e. The monoisotopic (exact) mass is 470 g/mol. The van der Waals surface area contributed by atoms with Gasteiger partial charge in [0.1, 0.15) is 18.1 Å². The molecule has 0 bridgehead atoms. The summed E-state index contributed by atoms with van der Waals surface area (Å²) in [5.41, 5.74) is 4.33. The van der Waals surface area contributed by atoms with Gasteiger partial charge in [-0.2, -0.15) is 5.10 Å². The van der Waals surface area contributed by atoms with Crippen LogP contribution in [-0.2, 0) is 21.2 Å². The standard InChI is InChI=1S/C22H22N4O6S/c1-3-16-4-8-18(9-5-16)25(33(2,30)31)15-22(27)24-23-14-20-12-13-21(32-20)17-6-10-19(11-7-17)26(28)29/h4-14H,3,15H2,1-2H3,(H,24,27)/b23-14-.